The number of aliphatic carboxylic acids is 2. The fraction of sp³-hybridized carbons (Fsp3) is 0.370. The summed E-state index contributed by atoms with van der Waals surface area (Å²) in [5.41, 5.74) is 1.70. The SMILES string of the molecule is CCCCCCc1ccc(C(=O)n2c3c(c4c(Br)cc(Br)cc42)CC(C(=O)O)(C(=O)O)CC3)cc1. The molecule has 0 unspecified atom stereocenters. The normalized spacial score (nSPS) is 14.6. The van der Waals surface area contributed by atoms with Gasteiger partial charge >= 0.3 is 11.9 Å². The molecular formula is C27H27Br2NO5. The Morgan fingerprint density at radius 2 is 1.69 bits per heavy atom. The van der Waals surface area contributed by atoms with Crippen molar-refractivity contribution in [3.63, 3.8) is 0 Å². The monoisotopic (exact) mass is 603 g/mol. The number of benzene rings is 2. The van der Waals surface area contributed by atoms with Crippen LogP contribution in [0.4, 0.5) is 0 Å². The van der Waals surface area contributed by atoms with E-state index in [1.54, 1.807) is 4.57 Å². The van der Waals surface area contributed by atoms with Crippen LogP contribution in [0, 0.1) is 5.41 Å². The number of aromatic nitrogens is 1. The highest BCUT2D eigenvalue weighted by molar-refractivity contribution is 9.11. The third-order valence-electron chi connectivity index (χ3n) is 7.00. The smallest absolute Gasteiger partial charge is 0.321 e. The Hall–Kier alpha value is -2.45. The first-order valence-electron chi connectivity index (χ1n) is 11.8. The van der Waals surface area contributed by atoms with E-state index >= 15 is 0 Å². The zero-order valence-electron chi connectivity index (χ0n) is 19.4. The van der Waals surface area contributed by atoms with Crippen LogP contribution in [0.1, 0.15) is 66.2 Å². The summed E-state index contributed by atoms with van der Waals surface area (Å²) < 4.78 is 3.06. The number of carboxylic acids is 2. The molecule has 4 rings (SSSR count). The number of halogens is 2. The first-order chi connectivity index (χ1) is 16.7. The molecule has 2 N–H and O–H groups in total. The minimum Gasteiger partial charge on any atom is -0.480 e. The quantitative estimate of drug-likeness (QED) is 0.222. The summed E-state index contributed by atoms with van der Waals surface area (Å²) in [6.45, 7) is 2.18. The summed E-state index contributed by atoms with van der Waals surface area (Å²) in [6, 6.07) is 11.3. The Bertz CT molecular complexity index is 1300. The number of hydrogen-bond acceptors (Lipinski definition) is 3. The summed E-state index contributed by atoms with van der Waals surface area (Å²) in [5, 5.41) is 20.3. The molecule has 1 aliphatic carbocycles. The highest BCUT2D eigenvalue weighted by Crippen LogP contribution is 2.44. The average Bonchev–Trinajstić information content (AvgIpc) is 3.14. The second-order valence-electron chi connectivity index (χ2n) is 9.22. The molecule has 2 aromatic carbocycles. The van der Waals surface area contributed by atoms with Gasteiger partial charge in [0.2, 0.25) is 0 Å². The number of nitrogens with zero attached hydrogens (tertiary/aromatic N) is 1. The molecule has 0 saturated carbocycles. The molecule has 0 spiro atoms. The predicted octanol–water partition coefficient (Wildman–Crippen LogP) is 6.62. The number of carbonyl (C=O) groups excluding carboxylic acids is 1. The van der Waals surface area contributed by atoms with Crippen LogP contribution in [0.15, 0.2) is 45.3 Å². The molecule has 0 saturated heterocycles. The average molecular weight is 605 g/mol. The van der Waals surface area contributed by atoms with Gasteiger partial charge < -0.3 is 10.2 Å². The lowest BCUT2D eigenvalue weighted by Gasteiger charge is -2.30. The number of carbonyl (C=O) groups is 3. The number of carboxylic acid groups (broad SMARTS) is 2. The van der Waals surface area contributed by atoms with Crippen LogP contribution in [-0.2, 0) is 28.9 Å². The second kappa shape index (κ2) is 10.3. The fourth-order valence-corrected chi connectivity index (χ4v) is 6.46. The number of rotatable bonds is 8. The standard InChI is InChI=1S/C27H27Br2NO5/c1-2-3-4-5-6-16-7-9-17(10-8-16)24(31)30-21-11-12-27(25(32)33,26(34)35)15-19(21)23-20(29)13-18(28)14-22(23)30/h7-10,13-14H,2-6,11-12,15H2,1H3,(H,32,33)(H,34,35). The molecule has 8 heteroatoms. The van der Waals surface area contributed by atoms with E-state index in [-0.39, 0.29) is 25.2 Å². The number of fused-ring (bicyclic) bond motifs is 3. The van der Waals surface area contributed by atoms with E-state index in [0.717, 1.165) is 17.3 Å². The third-order valence-corrected chi connectivity index (χ3v) is 8.09. The van der Waals surface area contributed by atoms with E-state index < -0.39 is 17.4 Å². The zero-order chi connectivity index (χ0) is 25.3. The van der Waals surface area contributed by atoms with E-state index in [2.05, 4.69) is 38.8 Å². The van der Waals surface area contributed by atoms with Gasteiger partial charge in [-0.3, -0.25) is 19.0 Å². The van der Waals surface area contributed by atoms with Gasteiger partial charge in [0.1, 0.15) is 0 Å². The van der Waals surface area contributed by atoms with Crippen LogP contribution in [-0.4, -0.2) is 32.6 Å². The van der Waals surface area contributed by atoms with Crippen molar-refractivity contribution in [1.82, 2.24) is 4.57 Å². The highest BCUT2D eigenvalue weighted by atomic mass is 79.9. The van der Waals surface area contributed by atoms with E-state index in [1.165, 1.54) is 24.8 Å². The third kappa shape index (κ3) is 4.70. The largest absolute Gasteiger partial charge is 0.480 e. The number of unbranched alkanes of at least 4 members (excludes halogenated alkanes) is 3. The molecule has 1 aliphatic rings. The summed E-state index contributed by atoms with van der Waals surface area (Å²) in [6.07, 6.45) is 5.61. The van der Waals surface area contributed by atoms with Crippen molar-refractivity contribution in [2.45, 2.75) is 58.3 Å². The molecule has 0 aliphatic heterocycles. The number of aryl methyl sites for hydroxylation is 1. The second-order valence-corrected chi connectivity index (χ2v) is 11.0. The maximum absolute atomic E-state index is 13.8. The minimum absolute atomic E-state index is 0.0796. The van der Waals surface area contributed by atoms with Crippen molar-refractivity contribution in [2.75, 3.05) is 0 Å². The molecule has 0 bridgehead atoms. The van der Waals surface area contributed by atoms with Crippen LogP contribution >= 0.6 is 31.9 Å². The summed E-state index contributed by atoms with van der Waals surface area (Å²) in [4.78, 5) is 37.8. The molecule has 1 heterocycles. The van der Waals surface area contributed by atoms with Crippen LogP contribution in [0.2, 0.25) is 0 Å². The molecule has 0 amide bonds. The number of hydrogen-bond donors (Lipinski definition) is 2. The molecule has 3 aromatic rings. The molecule has 1 aromatic heterocycles. The van der Waals surface area contributed by atoms with Crippen molar-refractivity contribution in [3.8, 4) is 0 Å². The van der Waals surface area contributed by atoms with Crippen LogP contribution < -0.4 is 0 Å². The van der Waals surface area contributed by atoms with Gasteiger partial charge in [0.25, 0.3) is 5.91 Å². The van der Waals surface area contributed by atoms with Gasteiger partial charge in [-0.1, -0.05) is 70.2 Å². The lowest BCUT2D eigenvalue weighted by atomic mass is 9.72. The maximum atomic E-state index is 13.8. The van der Waals surface area contributed by atoms with Gasteiger partial charge in [0, 0.05) is 32.0 Å². The van der Waals surface area contributed by atoms with Gasteiger partial charge in [0.15, 0.2) is 5.41 Å². The summed E-state index contributed by atoms with van der Waals surface area (Å²) in [5.74, 6) is -2.92. The molecule has 184 valence electrons. The molecule has 0 fully saturated rings. The highest BCUT2D eigenvalue weighted by Gasteiger charge is 2.50. The lowest BCUT2D eigenvalue weighted by molar-refractivity contribution is -0.165. The van der Waals surface area contributed by atoms with Crippen molar-refractivity contribution in [3.05, 3.63) is 67.7 Å². The van der Waals surface area contributed by atoms with Crippen LogP contribution in [0.3, 0.4) is 0 Å². The van der Waals surface area contributed by atoms with E-state index in [1.807, 2.05) is 36.4 Å². The molecule has 0 radical (unpaired) electrons. The van der Waals surface area contributed by atoms with E-state index in [4.69, 9.17) is 0 Å². The van der Waals surface area contributed by atoms with Crippen molar-refractivity contribution < 1.29 is 24.6 Å². The minimum atomic E-state index is -1.92. The molecular weight excluding hydrogens is 578 g/mol. The maximum Gasteiger partial charge on any atom is 0.321 e. The van der Waals surface area contributed by atoms with Gasteiger partial charge in [-0.2, -0.15) is 0 Å². The first-order valence-corrected chi connectivity index (χ1v) is 13.4. The summed E-state index contributed by atoms with van der Waals surface area (Å²) in [7, 11) is 0. The Balaban J connectivity index is 1.77. The first kappa shape index (κ1) is 25.6. The Labute approximate surface area is 220 Å². The van der Waals surface area contributed by atoms with Gasteiger partial charge in [0.05, 0.1) is 5.52 Å². The lowest BCUT2D eigenvalue weighted by Crippen LogP contribution is -2.44. The molecule has 0 atom stereocenters. The van der Waals surface area contributed by atoms with E-state index in [0.29, 0.717) is 32.2 Å². The molecule has 6 nitrogen and oxygen atoms in total. The Morgan fingerprint density at radius 1 is 1.00 bits per heavy atom. The summed E-state index contributed by atoms with van der Waals surface area (Å²) >= 11 is 7.04. The van der Waals surface area contributed by atoms with Crippen molar-refractivity contribution in [2.24, 2.45) is 5.41 Å². The van der Waals surface area contributed by atoms with Gasteiger partial charge in [-0.05, 0) is 61.1 Å². The van der Waals surface area contributed by atoms with Crippen molar-refractivity contribution in [1.29, 1.82) is 0 Å². The Morgan fingerprint density at radius 3 is 2.31 bits per heavy atom. The van der Waals surface area contributed by atoms with Crippen LogP contribution in [0.5, 0.6) is 0 Å². The van der Waals surface area contributed by atoms with Crippen molar-refractivity contribution >= 4 is 60.6 Å². The van der Waals surface area contributed by atoms with E-state index in [9.17, 15) is 24.6 Å². The molecule has 35 heavy (non-hydrogen) atoms. The zero-order valence-corrected chi connectivity index (χ0v) is 22.6. The predicted molar refractivity (Wildman–Crippen MR) is 141 cm³/mol. The fourth-order valence-electron chi connectivity index (χ4n) is 5.02. The van der Waals surface area contributed by atoms with Gasteiger partial charge in [-0.15, -0.1) is 0 Å². The Kier molecular flexibility index (Phi) is 7.52. The van der Waals surface area contributed by atoms with Gasteiger partial charge in [-0.25, -0.2) is 0 Å². The topological polar surface area (TPSA) is 96.6 Å². The van der Waals surface area contributed by atoms with Crippen LogP contribution in [0.25, 0.3) is 10.9 Å².